The fourth-order valence-electron chi connectivity index (χ4n) is 1.84. The lowest BCUT2D eigenvalue weighted by molar-refractivity contribution is 0.0697. The second kappa shape index (κ2) is 6.10. The number of halogens is 1. The van der Waals surface area contributed by atoms with Gasteiger partial charge in [-0.3, -0.25) is 0 Å². The number of hydrogen-bond acceptors (Lipinski definition) is 4. The summed E-state index contributed by atoms with van der Waals surface area (Å²) in [4.78, 5) is 19.8. The summed E-state index contributed by atoms with van der Waals surface area (Å²) in [5.41, 5.74) is 2.40. The van der Waals surface area contributed by atoms with Crippen molar-refractivity contribution in [2.45, 2.75) is 26.7 Å². The van der Waals surface area contributed by atoms with Gasteiger partial charge in [-0.05, 0) is 37.1 Å². The molecule has 0 aliphatic rings. The first kappa shape index (κ1) is 15.3. The smallest absolute Gasteiger partial charge is 0.337 e. The van der Waals surface area contributed by atoms with Crippen molar-refractivity contribution in [1.82, 2.24) is 9.97 Å². The average molecular weight is 306 g/mol. The third-order valence-corrected chi connectivity index (χ3v) is 3.25. The number of hydrogen-bond donors (Lipinski definition) is 2. The SMILES string of the molecule is Cc1cc(C(C)C)nc(Nc2ccc(Cl)c(C(=O)O)c2)n1. The van der Waals surface area contributed by atoms with Gasteiger partial charge in [0.05, 0.1) is 10.6 Å². The van der Waals surface area contributed by atoms with E-state index in [1.807, 2.05) is 13.0 Å². The van der Waals surface area contributed by atoms with Crippen LogP contribution in [0.15, 0.2) is 24.3 Å². The molecular formula is C15H16ClN3O2. The lowest BCUT2D eigenvalue weighted by Crippen LogP contribution is -2.04. The van der Waals surface area contributed by atoms with Crippen LogP contribution in [0.5, 0.6) is 0 Å². The van der Waals surface area contributed by atoms with E-state index in [2.05, 4.69) is 29.1 Å². The molecule has 2 aromatic rings. The number of aromatic carboxylic acids is 1. The molecule has 0 amide bonds. The second-order valence-corrected chi connectivity index (χ2v) is 5.44. The summed E-state index contributed by atoms with van der Waals surface area (Å²) in [6.45, 7) is 6.00. The summed E-state index contributed by atoms with van der Waals surface area (Å²) < 4.78 is 0. The number of benzene rings is 1. The number of nitrogens with one attached hydrogen (secondary N) is 1. The van der Waals surface area contributed by atoms with Crippen LogP contribution in [-0.4, -0.2) is 21.0 Å². The second-order valence-electron chi connectivity index (χ2n) is 5.04. The van der Waals surface area contributed by atoms with Crippen LogP contribution in [0.2, 0.25) is 5.02 Å². The minimum atomic E-state index is -1.07. The van der Waals surface area contributed by atoms with Gasteiger partial charge in [0.25, 0.3) is 0 Å². The van der Waals surface area contributed by atoms with Crippen molar-refractivity contribution >= 4 is 29.2 Å². The minimum Gasteiger partial charge on any atom is -0.478 e. The number of carbonyl (C=O) groups is 1. The molecule has 0 saturated heterocycles. The van der Waals surface area contributed by atoms with E-state index in [0.29, 0.717) is 11.6 Å². The molecule has 0 radical (unpaired) electrons. The van der Waals surface area contributed by atoms with E-state index in [-0.39, 0.29) is 16.5 Å². The molecule has 110 valence electrons. The largest absolute Gasteiger partial charge is 0.478 e. The highest BCUT2D eigenvalue weighted by Crippen LogP contribution is 2.23. The Kier molecular flexibility index (Phi) is 4.43. The molecule has 0 aliphatic carbocycles. The number of nitrogens with zero attached hydrogens (tertiary/aromatic N) is 2. The number of carboxylic acids is 1. The van der Waals surface area contributed by atoms with Crippen LogP contribution in [0.1, 0.15) is 41.5 Å². The van der Waals surface area contributed by atoms with E-state index >= 15 is 0 Å². The molecule has 6 heteroatoms. The number of anilines is 2. The molecule has 1 aromatic heterocycles. The summed E-state index contributed by atoms with van der Waals surface area (Å²) >= 11 is 5.85. The van der Waals surface area contributed by atoms with Gasteiger partial charge in [0.1, 0.15) is 0 Å². The van der Waals surface area contributed by atoms with Crippen LogP contribution in [0, 0.1) is 6.92 Å². The summed E-state index contributed by atoms with van der Waals surface area (Å²) in [6, 6.07) is 6.62. The molecule has 0 saturated carbocycles. The first-order valence-electron chi connectivity index (χ1n) is 6.52. The molecule has 1 heterocycles. The number of aromatic nitrogens is 2. The van der Waals surface area contributed by atoms with E-state index in [0.717, 1.165) is 11.4 Å². The number of aryl methyl sites for hydroxylation is 1. The molecule has 0 unspecified atom stereocenters. The summed E-state index contributed by atoms with van der Waals surface area (Å²) in [6.07, 6.45) is 0. The van der Waals surface area contributed by atoms with Gasteiger partial charge in [-0.1, -0.05) is 25.4 Å². The first-order valence-corrected chi connectivity index (χ1v) is 6.90. The highest BCUT2D eigenvalue weighted by molar-refractivity contribution is 6.33. The molecule has 0 atom stereocenters. The van der Waals surface area contributed by atoms with Crippen LogP contribution < -0.4 is 5.32 Å². The predicted octanol–water partition coefficient (Wildman–Crippen LogP) is 4.00. The van der Waals surface area contributed by atoms with Crippen LogP contribution in [0.4, 0.5) is 11.6 Å². The van der Waals surface area contributed by atoms with E-state index in [9.17, 15) is 4.79 Å². The quantitative estimate of drug-likeness (QED) is 0.893. The Morgan fingerprint density at radius 3 is 2.62 bits per heavy atom. The maximum Gasteiger partial charge on any atom is 0.337 e. The van der Waals surface area contributed by atoms with Gasteiger partial charge in [0.15, 0.2) is 0 Å². The van der Waals surface area contributed by atoms with Crippen molar-refractivity contribution in [1.29, 1.82) is 0 Å². The van der Waals surface area contributed by atoms with Crippen molar-refractivity contribution < 1.29 is 9.90 Å². The van der Waals surface area contributed by atoms with Gasteiger partial charge in [-0.15, -0.1) is 0 Å². The van der Waals surface area contributed by atoms with Crippen LogP contribution >= 0.6 is 11.6 Å². The Hall–Kier alpha value is -2.14. The maximum absolute atomic E-state index is 11.1. The fraction of sp³-hybridized carbons (Fsp3) is 0.267. The van der Waals surface area contributed by atoms with Crippen molar-refractivity contribution in [3.05, 3.63) is 46.2 Å². The zero-order valence-corrected chi connectivity index (χ0v) is 12.8. The average Bonchev–Trinajstić information content (AvgIpc) is 2.40. The van der Waals surface area contributed by atoms with Gasteiger partial charge in [0.2, 0.25) is 5.95 Å². The number of rotatable bonds is 4. The van der Waals surface area contributed by atoms with Crippen LogP contribution in [0.25, 0.3) is 0 Å². The summed E-state index contributed by atoms with van der Waals surface area (Å²) in [7, 11) is 0. The van der Waals surface area contributed by atoms with Gasteiger partial charge in [0, 0.05) is 17.1 Å². The normalized spacial score (nSPS) is 10.7. The highest BCUT2D eigenvalue weighted by atomic mass is 35.5. The van der Waals surface area contributed by atoms with E-state index in [1.165, 1.54) is 12.1 Å². The minimum absolute atomic E-state index is 0.0402. The van der Waals surface area contributed by atoms with Crippen LogP contribution in [0.3, 0.4) is 0 Å². The molecule has 21 heavy (non-hydrogen) atoms. The Bertz CT molecular complexity index is 687. The van der Waals surface area contributed by atoms with Crippen LogP contribution in [-0.2, 0) is 0 Å². The van der Waals surface area contributed by atoms with E-state index < -0.39 is 5.97 Å². The summed E-state index contributed by atoms with van der Waals surface area (Å²) in [5, 5.41) is 12.3. The van der Waals surface area contributed by atoms with Gasteiger partial charge in [-0.25, -0.2) is 14.8 Å². The van der Waals surface area contributed by atoms with Gasteiger partial charge in [-0.2, -0.15) is 0 Å². The third kappa shape index (κ3) is 3.70. The third-order valence-electron chi connectivity index (χ3n) is 2.92. The zero-order chi connectivity index (χ0) is 15.6. The summed E-state index contributed by atoms with van der Waals surface area (Å²) in [5.74, 6) is -0.346. The maximum atomic E-state index is 11.1. The van der Waals surface area contributed by atoms with Gasteiger partial charge >= 0.3 is 5.97 Å². The molecule has 5 nitrogen and oxygen atoms in total. The molecule has 0 spiro atoms. The lowest BCUT2D eigenvalue weighted by Gasteiger charge is -2.11. The molecular weight excluding hydrogens is 290 g/mol. The van der Waals surface area contributed by atoms with E-state index in [1.54, 1.807) is 6.07 Å². The highest BCUT2D eigenvalue weighted by Gasteiger charge is 2.11. The molecule has 0 fully saturated rings. The monoisotopic (exact) mass is 305 g/mol. The molecule has 1 aromatic carbocycles. The van der Waals surface area contributed by atoms with Crippen molar-refractivity contribution in [2.24, 2.45) is 0 Å². The molecule has 0 aliphatic heterocycles. The Morgan fingerprint density at radius 1 is 1.29 bits per heavy atom. The molecule has 2 N–H and O–H groups in total. The lowest BCUT2D eigenvalue weighted by atomic mass is 10.1. The van der Waals surface area contributed by atoms with Gasteiger partial charge < -0.3 is 10.4 Å². The first-order chi connectivity index (χ1) is 9.86. The standard InChI is InChI=1S/C15H16ClN3O2/c1-8(2)13-6-9(3)17-15(19-13)18-10-4-5-12(16)11(7-10)14(20)21/h4-8H,1-3H3,(H,20,21)(H,17,18,19). The predicted molar refractivity (Wildman–Crippen MR) is 82.6 cm³/mol. The van der Waals surface area contributed by atoms with Crippen molar-refractivity contribution in [2.75, 3.05) is 5.32 Å². The Balaban J connectivity index is 2.34. The Morgan fingerprint density at radius 2 is 2.00 bits per heavy atom. The Labute approximate surface area is 128 Å². The zero-order valence-electron chi connectivity index (χ0n) is 12.0. The molecule has 0 bridgehead atoms. The van der Waals surface area contributed by atoms with Crippen molar-refractivity contribution in [3.63, 3.8) is 0 Å². The van der Waals surface area contributed by atoms with E-state index in [4.69, 9.17) is 16.7 Å². The topological polar surface area (TPSA) is 75.1 Å². The fourth-order valence-corrected chi connectivity index (χ4v) is 2.04. The number of carboxylic acid groups (broad SMARTS) is 1. The van der Waals surface area contributed by atoms with Crippen molar-refractivity contribution in [3.8, 4) is 0 Å². The molecule has 2 rings (SSSR count).